The molecule has 1 aliphatic rings. The molecule has 0 saturated heterocycles. The van der Waals surface area contributed by atoms with E-state index in [1.54, 1.807) is 12.4 Å². The van der Waals surface area contributed by atoms with Gasteiger partial charge in [-0.2, -0.15) is 0 Å². The quantitative estimate of drug-likeness (QED) is 0.533. The number of aromatic nitrogens is 2. The summed E-state index contributed by atoms with van der Waals surface area (Å²) < 4.78 is 14.1. The Morgan fingerprint density at radius 1 is 1.03 bits per heavy atom. The summed E-state index contributed by atoms with van der Waals surface area (Å²) in [7, 11) is 0. The zero-order valence-corrected chi connectivity index (χ0v) is 16.7. The normalized spacial score (nSPS) is 17.5. The fourth-order valence-electron chi connectivity index (χ4n) is 3.99. The number of hydrogen-bond acceptors (Lipinski definition) is 5. The van der Waals surface area contributed by atoms with E-state index in [9.17, 15) is 4.39 Å². The Kier molecular flexibility index (Phi) is 5.60. The molecule has 0 spiro atoms. The van der Waals surface area contributed by atoms with Crippen LogP contribution in [0, 0.1) is 12.7 Å². The van der Waals surface area contributed by atoms with E-state index in [4.69, 9.17) is 0 Å². The monoisotopic (exact) mass is 391 g/mol. The second-order valence-electron chi connectivity index (χ2n) is 7.54. The van der Waals surface area contributed by atoms with Crippen molar-refractivity contribution in [1.29, 1.82) is 0 Å². The van der Waals surface area contributed by atoms with Crippen LogP contribution in [-0.2, 0) is 6.54 Å². The largest absolute Gasteiger partial charge is 0.379 e. The predicted octanol–water partition coefficient (Wildman–Crippen LogP) is 4.94. The van der Waals surface area contributed by atoms with Crippen molar-refractivity contribution in [3.8, 4) is 0 Å². The number of nitrogens with zero attached hydrogens (tertiary/aromatic N) is 2. The minimum absolute atomic E-state index is 0.169. The molecule has 0 saturated carbocycles. The summed E-state index contributed by atoms with van der Waals surface area (Å²) in [6.07, 6.45) is 2.45. The summed E-state index contributed by atoms with van der Waals surface area (Å²) in [6, 6.07) is 15.7. The van der Waals surface area contributed by atoms with Crippen molar-refractivity contribution >= 4 is 17.3 Å². The van der Waals surface area contributed by atoms with Gasteiger partial charge in [0.1, 0.15) is 23.8 Å². The first kappa shape index (κ1) is 19.2. The molecule has 0 amide bonds. The molecule has 2 heterocycles. The van der Waals surface area contributed by atoms with E-state index in [1.165, 1.54) is 5.56 Å². The minimum atomic E-state index is -0.169. The number of fused-ring (bicyclic) bond motifs is 1. The third-order valence-electron chi connectivity index (χ3n) is 5.50. The van der Waals surface area contributed by atoms with E-state index in [0.717, 1.165) is 35.7 Å². The Labute approximate surface area is 170 Å². The lowest BCUT2D eigenvalue weighted by molar-refractivity contribution is 0.596. The van der Waals surface area contributed by atoms with Crippen molar-refractivity contribution in [2.75, 3.05) is 22.5 Å². The van der Waals surface area contributed by atoms with Crippen molar-refractivity contribution in [3.05, 3.63) is 77.4 Å². The highest BCUT2D eigenvalue weighted by atomic mass is 19.1. The molecule has 0 bridgehead atoms. The number of benzene rings is 2. The van der Waals surface area contributed by atoms with Gasteiger partial charge in [-0.05, 0) is 43.0 Å². The molecule has 5 nitrogen and oxygen atoms in total. The summed E-state index contributed by atoms with van der Waals surface area (Å²) in [5.74, 6) is 1.67. The Morgan fingerprint density at radius 2 is 1.79 bits per heavy atom. The molecule has 2 unspecified atom stereocenters. The van der Waals surface area contributed by atoms with Crippen molar-refractivity contribution in [1.82, 2.24) is 9.97 Å². The highest BCUT2D eigenvalue weighted by Gasteiger charge is 2.32. The van der Waals surface area contributed by atoms with Crippen LogP contribution < -0.4 is 16.0 Å². The lowest BCUT2D eigenvalue weighted by Crippen LogP contribution is -2.19. The molecular weight excluding hydrogens is 365 g/mol. The molecule has 3 aromatic rings. The van der Waals surface area contributed by atoms with E-state index in [0.29, 0.717) is 12.2 Å². The second-order valence-corrected chi connectivity index (χ2v) is 7.54. The second kappa shape index (κ2) is 8.47. The van der Waals surface area contributed by atoms with E-state index >= 15 is 0 Å². The van der Waals surface area contributed by atoms with Gasteiger partial charge in [0.15, 0.2) is 0 Å². The maximum absolute atomic E-state index is 14.1. The van der Waals surface area contributed by atoms with Crippen LogP contribution in [0.25, 0.3) is 0 Å². The Hall–Kier alpha value is -3.15. The predicted molar refractivity (Wildman–Crippen MR) is 116 cm³/mol. The number of anilines is 3. The van der Waals surface area contributed by atoms with Gasteiger partial charge in [0.25, 0.3) is 0 Å². The smallest absolute Gasteiger partial charge is 0.146 e. The molecule has 0 fully saturated rings. The Balaban J connectivity index is 1.35. The minimum Gasteiger partial charge on any atom is -0.379 e. The van der Waals surface area contributed by atoms with Gasteiger partial charge in [0.2, 0.25) is 0 Å². The van der Waals surface area contributed by atoms with Crippen LogP contribution in [0.2, 0.25) is 0 Å². The molecule has 29 heavy (non-hydrogen) atoms. The molecule has 6 heteroatoms. The molecule has 0 radical (unpaired) electrons. The van der Waals surface area contributed by atoms with Gasteiger partial charge >= 0.3 is 0 Å². The average Bonchev–Trinajstić information content (AvgIpc) is 3.08. The Bertz CT molecular complexity index is 976. The standard InChI is InChI=1S/C23H26FN5/c1-15-8-9-19(24)23-22(15)18(16(2)29-23)10-11-25-20-12-21(28-14-27-20)26-13-17-6-4-3-5-7-17/h3-9,12,14,16,18,29H,10-11,13H2,1-2H3,(H2,25,26,27,28). The third-order valence-corrected chi connectivity index (χ3v) is 5.50. The highest BCUT2D eigenvalue weighted by Crippen LogP contribution is 2.41. The van der Waals surface area contributed by atoms with Crippen LogP contribution >= 0.6 is 0 Å². The van der Waals surface area contributed by atoms with E-state index in [1.807, 2.05) is 37.3 Å². The maximum atomic E-state index is 14.1. The lowest BCUT2D eigenvalue weighted by Gasteiger charge is -2.18. The van der Waals surface area contributed by atoms with Gasteiger partial charge in [0, 0.05) is 31.1 Å². The fraction of sp³-hybridized carbons (Fsp3) is 0.304. The summed E-state index contributed by atoms with van der Waals surface area (Å²) in [4.78, 5) is 8.60. The Morgan fingerprint density at radius 3 is 2.59 bits per heavy atom. The number of hydrogen-bond donors (Lipinski definition) is 3. The van der Waals surface area contributed by atoms with Crippen LogP contribution in [0.4, 0.5) is 21.7 Å². The molecule has 2 aromatic carbocycles. The fourth-order valence-corrected chi connectivity index (χ4v) is 3.99. The van der Waals surface area contributed by atoms with Crippen LogP contribution in [0.15, 0.2) is 54.9 Å². The molecule has 4 rings (SSSR count). The van der Waals surface area contributed by atoms with Gasteiger partial charge in [-0.3, -0.25) is 0 Å². The van der Waals surface area contributed by atoms with Crippen LogP contribution in [0.3, 0.4) is 0 Å². The molecule has 2 atom stereocenters. The van der Waals surface area contributed by atoms with E-state index < -0.39 is 0 Å². The number of aryl methyl sites for hydroxylation is 1. The van der Waals surface area contributed by atoms with Crippen LogP contribution in [-0.4, -0.2) is 22.6 Å². The zero-order valence-electron chi connectivity index (χ0n) is 16.7. The summed E-state index contributed by atoms with van der Waals surface area (Å²) >= 11 is 0. The first-order valence-corrected chi connectivity index (χ1v) is 10.0. The summed E-state index contributed by atoms with van der Waals surface area (Å²) in [5, 5.41) is 10.0. The lowest BCUT2D eigenvalue weighted by atomic mass is 9.89. The average molecular weight is 391 g/mol. The third kappa shape index (κ3) is 4.31. The molecule has 0 aliphatic carbocycles. The van der Waals surface area contributed by atoms with Crippen molar-refractivity contribution in [2.24, 2.45) is 0 Å². The highest BCUT2D eigenvalue weighted by molar-refractivity contribution is 5.63. The first-order valence-electron chi connectivity index (χ1n) is 10.0. The van der Waals surface area contributed by atoms with Crippen molar-refractivity contribution in [3.63, 3.8) is 0 Å². The number of nitrogens with one attached hydrogen (secondary N) is 3. The number of rotatable bonds is 7. The first-order chi connectivity index (χ1) is 14.1. The molecular formula is C23H26FN5. The van der Waals surface area contributed by atoms with Crippen LogP contribution in [0.1, 0.15) is 36.0 Å². The zero-order chi connectivity index (χ0) is 20.2. The van der Waals surface area contributed by atoms with Gasteiger partial charge in [-0.15, -0.1) is 0 Å². The van der Waals surface area contributed by atoms with Crippen LogP contribution in [0.5, 0.6) is 0 Å². The number of halogens is 1. The molecule has 150 valence electrons. The van der Waals surface area contributed by atoms with E-state index in [2.05, 4.69) is 45.0 Å². The van der Waals surface area contributed by atoms with Gasteiger partial charge < -0.3 is 16.0 Å². The van der Waals surface area contributed by atoms with Gasteiger partial charge in [-0.25, -0.2) is 14.4 Å². The summed E-state index contributed by atoms with van der Waals surface area (Å²) in [6.45, 7) is 5.62. The molecule has 3 N–H and O–H groups in total. The van der Waals surface area contributed by atoms with Gasteiger partial charge in [-0.1, -0.05) is 36.4 Å². The van der Waals surface area contributed by atoms with Crippen molar-refractivity contribution in [2.45, 2.75) is 38.8 Å². The maximum Gasteiger partial charge on any atom is 0.146 e. The SMILES string of the molecule is Cc1ccc(F)c2c1C(CCNc1cc(NCc3ccccc3)ncn1)C(C)N2. The van der Waals surface area contributed by atoms with Crippen molar-refractivity contribution < 1.29 is 4.39 Å². The van der Waals surface area contributed by atoms with Gasteiger partial charge in [0.05, 0.1) is 5.69 Å². The van der Waals surface area contributed by atoms with E-state index in [-0.39, 0.29) is 17.8 Å². The topological polar surface area (TPSA) is 61.9 Å². The summed E-state index contributed by atoms with van der Waals surface area (Å²) in [5.41, 5.74) is 4.10. The molecule has 1 aromatic heterocycles. The molecule has 1 aliphatic heterocycles.